The quantitative estimate of drug-likeness (QED) is 0.656. The Morgan fingerprint density at radius 2 is 2.20 bits per heavy atom. The molecule has 1 amide bonds. The number of hydrogen-bond acceptors (Lipinski definition) is 4. The van der Waals surface area contributed by atoms with Crippen LogP contribution in [0.2, 0.25) is 0 Å². The Labute approximate surface area is 94.0 Å². The fourth-order valence-corrected chi connectivity index (χ4v) is 2.13. The van der Waals surface area contributed by atoms with Crippen molar-refractivity contribution in [3.8, 4) is 12.1 Å². The average Bonchev–Trinajstić information content (AvgIpc) is 2.18. The maximum atomic E-state index is 11.5. The lowest BCUT2D eigenvalue weighted by atomic mass is 9.68. The van der Waals surface area contributed by atoms with E-state index >= 15 is 0 Å². The molecule has 4 nitrogen and oxygen atoms in total. The van der Waals surface area contributed by atoms with Crippen LogP contribution in [-0.4, -0.2) is 5.91 Å². The molecule has 0 aromatic rings. The molecule has 0 radical (unpaired) electrons. The summed E-state index contributed by atoms with van der Waals surface area (Å²) in [6.07, 6.45) is 0.547. The van der Waals surface area contributed by atoms with Gasteiger partial charge in [-0.15, -0.1) is 12.6 Å². The van der Waals surface area contributed by atoms with Crippen molar-refractivity contribution in [3.63, 3.8) is 0 Å². The van der Waals surface area contributed by atoms with E-state index in [4.69, 9.17) is 10.5 Å². The smallest absolute Gasteiger partial charge is 0.243 e. The Bertz CT molecular complexity index is 415. The predicted molar refractivity (Wildman–Crippen MR) is 57.3 cm³/mol. The van der Waals surface area contributed by atoms with Gasteiger partial charge in [-0.05, 0) is 6.42 Å². The lowest BCUT2D eigenvalue weighted by Gasteiger charge is -2.36. The number of nitrogens with zero attached hydrogens (tertiary/aromatic N) is 2. The van der Waals surface area contributed by atoms with Gasteiger partial charge >= 0.3 is 0 Å². The summed E-state index contributed by atoms with van der Waals surface area (Å²) >= 11 is 4.06. The van der Waals surface area contributed by atoms with Crippen LogP contribution in [0.4, 0.5) is 0 Å². The van der Waals surface area contributed by atoms with E-state index in [1.54, 1.807) is 6.92 Å². The third kappa shape index (κ3) is 1.60. The van der Waals surface area contributed by atoms with Crippen molar-refractivity contribution in [2.24, 2.45) is 11.3 Å². The second-order valence-electron chi connectivity index (χ2n) is 3.66. The van der Waals surface area contributed by atoms with E-state index in [1.165, 1.54) is 0 Å². The zero-order chi connectivity index (χ0) is 11.6. The molecule has 1 N–H and O–H groups in total. The first kappa shape index (κ1) is 11.6. The Balaban J connectivity index is 3.39. The van der Waals surface area contributed by atoms with Gasteiger partial charge in [-0.1, -0.05) is 13.8 Å². The molecule has 0 fully saturated rings. The fourth-order valence-electron chi connectivity index (χ4n) is 1.72. The van der Waals surface area contributed by atoms with E-state index in [2.05, 4.69) is 17.9 Å². The second kappa shape index (κ2) is 3.96. The molecular formula is C10H11N3OS. The van der Waals surface area contributed by atoms with Gasteiger partial charge < -0.3 is 5.32 Å². The lowest BCUT2D eigenvalue weighted by Crippen LogP contribution is -2.45. The second-order valence-corrected chi connectivity index (χ2v) is 4.11. The van der Waals surface area contributed by atoms with E-state index in [9.17, 15) is 4.79 Å². The molecule has 0 aromatic carbocycles. The molecule has 2 atom stereocenters. The molecule has 0 bridgehead atoms. The average molecular weight is 221 g/mol. The Morgan fingerprint density at radius 1 is 1.60 bits per heavy atom. The van der Waals surface area contributed by atoms with Crippen LogP contribution < -0.4 is 5.32 Å². The Morgan fingerprint density at radius 3 is 2.60 bits per heavy atom. The molecule has 1 heterocycles. The van der Waals surface area contributed by atoms with Crippen molar-refractivity contribution < 1.29 is 4.79 Å². The fraction of sp³-hybridized carbons (Fsp3) is 0.500. The first-order chi connectivity index (χ1) is 7.01. The molecule has 1 aliphatic heterocycles. The number of allylic oxidation sites excluding steroid dienone is 1. The summed E-state index contributed by atoms with van der Waals surface area (Å²) in [6.45, 7) is 3.59. The van der Waals surface area contributed by atoms with Gasteiger partial charge in [0, 0.05) is 5.41 Å². The highest BCUT2D eigenvalue weighted by Crippen LogP contribution is 2.42. The minimum atomic E-state index is -0.826. The molecule has 5 heteroatoms. The summed E-state index contributed by atoms with van der Waals surface area (Å²) in [5.41, 5.74) is -0.359. The van der Waals surface area contributed by atoms with Gasteiger partial charge in [-0.25, -0.2) is 0 Å². The molecule has 0 saturated heterocycles. The van der Waals surface area contributed by atoms with Crippen molar-refractivity contribution in [1.29, 1.82) is 10.5 Å². The summed E-state index contributed by atoms with van der Waals surface area (Å²) in [5, 5.41) is 20.7. The summed E-state index contributed by atoms with van der Waals surface area (Å²) < 4.78 is 0. The molecule has 1 aliphatic rings. The van der Waals surface area contributed by atoms with Crippen LogP contribution >= 0.6 is 12.6 Å². The molecule has 0 aromatic heterocycles. The highest BCUT2D eigenvalue weighted by atomic mass is 32.1. The standard InChI is InChI=1S/C10H11N3OS/c1-3-10(2)6(4-11)8(14)13-9(15)7(10)5-12/h6,15H,3H2,1-2H3,(H,13,14). The van der Waals surface area contributed by atoms with Gasteiger partial charge in [0.25, 0.3) is 0 Å². The minimum absolute atomic E-state index is 0.262. The van der Waals surface area contributed by atoms with Crippen LogP contribution in [0.3, 0.4) is 0 Å². The van der Waals surface area contributed by atoms with E-state index in [0.717, 1.165) is 0 Å². The third-order valence-electron chi connectivity index (χ3n) is 2.92. The Kier molecular flexibility index (Phi) is 3.06. The van der Waals surface area contributed by atoms with Crippen LogP contribution in [0.5, 0.6) is 0 Å². The van der Waals surface area contributed by atoms with Crippen molar-refractivity contribution in [2.75, 3.05) is 0 Å². The molecule has 0 saturated carbocycles. The van der Waals surface area contributed by atoms with Crippen molar-refractivity contribution in [3.05, 3.63) is 10.6 Å². The monoisotopic (exact) mass is 221 g/mol. The van der Waals surface area contributed by atoms with Crippen molar-refractivity contribution in [1.82, 2.24) is 5.32 Å². The number of carbonyl (C=O) groups is 1. The topological polar surface area (TPSA) is 76.7 Å². The van der Waals surface area contributed by atoms with Gasteiger partial charge in [0.2, 0.25) is 5.91 Å². The van der Waals surface area contributed by atoms with Gasteiger partial charge in [0.1, 0.15) is 5.92 Å². The minimum Gasteiger partial charge on any atom is -0.319 e. The third-order valence-corrected chi connectivity index (χ3v) is 3.26. The maximum absolute atomic E-state index is 11.5. The van der Waals surface area contributed by atoms with Gasteiger partial charge in [0.05, 0.1) is 22.7 Å². The lowest BCUT2D eigenvalue weighted by molar-refractivity contribution is -0.125. The molecule has 15 heavy (non-hydrogen) atoms. The van der Waals surface area contributed by atoms with E-state index in [1.807, 2.05) is 19.1 Å². The summed E-state index contributed by atoms with van der Waals surface area (Å²) in [6, 6.07) is 3.97. The normalized spacial score (nSPS) is 30.5. The first-order valence-electron chi connectivity index (χ1n) is 4.55. The van der Waals surface area contributed by atoms with Gasteiger partial charge in [0.15, 0.2) is 0 Å². The SMILES string of the molecule is CCC1(C)C(C#N)=C(S)NC(=O)C1C#N. The molecule has 78 valence electrons. The number of thiol groups is 1. The van der Waals surface area contributed by atoms with Crippen molar-refractivity contribution >= 4 is 18.5 Å². The summed E-state index contributed by atoms with van der Waals surface area (Å²) in [7, 11) is 0. The molecule has 0 spiro atoms. The van der Waals surface area contributed by atoms with Gasteiger partial charge in [-0.3, -0.25) is 4.79 Å². The summed E-state index contributed by atoms with van der Waals surface area (Å²) in [4.78, 5) is 11.5. The Hall–Kier alpha value is -1.46. The highest BCUT2D eigenvalue weighted by molar-refractivity contribution is 7.84. The van der Waals surface area contributed by atoms with E-state index in [-0.39, 0.29) is 10.9 Å². The zero-order valence-electron chi connectivity index (χ0n) is 8.53. The van der Waals surface area contributed by atoms with E-state index in [0.29, 0.717) is 12.0 Å². The van der Waals surface area contributed by atoms with Crippen LogP contribution in [0.15, 0.2) is 10.6 Å². The van der Waals surface area contributed by atoms with Crippen LogP contribution in [0.25, 0.3) is 0 Å². The van der Waals surface area contributed by atoms with Gasteiger partial charge in [-0.2, -0.15) is 10.5 Å². The van der Waals surface area contributed by atoms with Crippen molar-refractivity contribution in [2.45, 2.75) is 20.3 Å². The maximum Gasteiger partial charge on any atom is 0.243 e. The van der Waals surface area contributed by atoms with E-state index < -0.39 is 11.3 Å². The molecule has 1 rings (SSSR count). The number of nitrogens with one attached hydrogen (secondary N) is 1. The van der Waals surface area contributed by atoms with Crippen LogP contribution in [-0.2, 0) is 4.79 Å². The summed E-state index contributed by atoms with van der Waals surface area (Å²) in [5.74, 6) is -1.21. The number of amides is 1. The molecular weight excluding hydrogens is 210 g/mol. The van der Waals surface area contributed by atoms with Crippen LogP contribution in [0, 0.1) is 34.0 Å². The largest absolute Gasteiger partial charge is 0.319 e. The predicted octanol–water partition coefficient (Wildman–Crippen LogP) is 1.34. The zero-order valence-corrected chi connectivity index (χ0v) is 9.43. The number of hydrogen-bond donors (Lipinski definition) is 2. The van der Waals surface area contributed by atoms with Crippen LogP contribution in [0.1, 0.15) is 20.3 Å². The highest BCUT2D eigenvalue weighted by Gasteiger charge is 2.46. The number of carbonyl (C=O) groups excluding carboxylic acids is 1. The molecule has 2 unspecified atom stereocenters. The molecule has 0 aliphatic carbocycles. The first-order valence-corrected chi connectivity index (χ1v) is 5.00. The number of rotatable bonds is 1. The number of nitriles is 2.